The van der Waals surface area contributed by atoms with Crippen molar-refractivity contribution in [2.45, 2.75) is 13.0 Å². The molecule has 0 radical (unpaired) electrons. The summed E-state index contributed by atoms with van der Waals surface area (Å²) in [6.07, 6.45) is 0. The second-order valence-electron chi connectivity index (χ2n) is 5.62. The van der Waals surface area contributed by atoms with Crippen LogP contribution in [-0.4, -0.2) is 36.3 Å². The van der Waals surface area contributed by atoms with E-state index in [1.54, 1.807) is 49.2 Å². The summed E-state index contributed by atoms with van der Waals surface area (Å²) in [4.78, 5) is 26.2. The number of amides is 2. The summed E-state index contributed by atoms with van der Waals surface area (Å²) < 4.78 is 0.803. The molecule has 0 saturated carbocycles. The molecule has 132 valence electrons. The summed E-state index contributed by atoms with van der Waals surface area (Å²) in [6, 6.07) is 13.8. The van der Waals surface area contributed by atoms with E-state index < -0.39 is 6.04 Å². The molecule has 2 aromatic rings. The molecule has 0 aliphatic carbocycles. The molecule has 2 aromatic carbocycles. The van der Waals surface area contributed by atoms with Crippen molar-refractivity contribution in [3.63, 3.8) is 0 Å². The fraction of sp³-hybridized carbons (Fsp3) is 0.222. The topological polar surface area (TPSA) is 61.4 Å². The van der Waals surface area contributed by atoms with Crippen molar-refractivity contribution in [3.05, 3.63) is 58.0 Å². The van der Waals surface area contributed by atoms with Crippen molar-refractivity contribution >= 4 is 50.7 Å². The number of para-hydroxylation sites is 1. The zero-order valence-electron chi connectivity index (χ0n) is 13.9. The second kappa shape index (κ2) is 8.99. The molecule has 2 rings (SSSR count). The molecule has 0 fully saturated rings. The predicted octanol–water partition coefficient (Wildman–Crippen LogP) is 4.00. The first-order valence-corrected chi connectivity index (χ1v) is 8.85. The third-order valence-corrected chi connectivity index (χ3v) is 4.60. The molecule has 0 bridgehead atoms. The van der Waals surface area contributed by atoms with E-state index >= 15 is 0 Å². The number of benzene rings is 2. The molecule has 0 saturated heterocycles. The monoisotopic (exact) mass is 423 g/mol. The summed E-state index contributed by atoms with van der Waals surface area (Å²) in [7, 11) is 1.72. The molecule has 2 N–H and O–H groups in total. The van der Waals surface area contributed by atoms with Crippen LogP contribution in [-0.2, 0) is 9.59 Å². The SMILES string of the molecule is CC(C(=O)Nc1cccc(Cl)c1)N(C)CC(=O)Nc1ccccc1Br. The van der Waals surface area contributed by atoms with E-state index in [0.29, 0.717) is 16.4 Å². The second-order valence-corrected chi connectivity index (χ2v) is 6.91. The van der Waals surface area contributed by atoms with E-state index in [1.807, 2.05) is 18.2 Å². The van der Waals surface area contributed by atoms with Gasteiger partial charge in [0.15, 0.2) is 0 Å². The van der Waals surface area contributed by atoms with Gasteiger partial charge in [-0.2, -0.15) is 0 Å². The van der Waals surface area contributed by atoms with Crippen LogP contribution >= 0.6 is 27.5 Å². The predicted molar refractivity (Wildman–Crippen MR) is 105 cm³/mol. The Balaban J connectivity index is 1.90. The van der Waals surface area contributed by atoms with Gasteiger partial charge >= 0.3 is 0 Å². The highest BCUT2D eigenvalue weighted by molar-refractivity contribution is 9.10. The van der Waals surface area contributed by atoms with Crippen LogP contribution in [0, 0.1) is 0 Å². The Morgan fingerprint density at radius 3 is 2.56 bits per heavy atom. The average Bonchev–Trinajstić information content (AvgIpc) is 2.56. The summed E-state index contributed by atoms with van der Waals surface area (Å²) in [5, 5.41) is 6.15. The van der Waals surface area contributed by atoms with Crippen molar-refractivity contribution in [2.24, 2.45) is 0 Å². The number of carbonyl (C=O) groups is 2. The van der Waals surface area contributed by atoms with Gasteiger partial charge in [0.25, 0.3) is 0 Å². The fourth-order valence-electron chi connectivity index (χ4n) is 2.13. The lowest BCUT2D eigenvalue weighted by molar-refractivity contribution is -0.122. The number of nitrogens with zero attached hydrogens (tertiary/aromatic N) is 1. The number of carbonyl (C=O) groups excluding carboxylic acids is 2. The van der Waals surface area contributed by atoms with E-state index in [-0.39, 0.29) is 18.4 Å². The minimum atomic E-state index is -0.482. The van der Waals surface area contributed by atoms with Crippen LogP contribution in [0.5, 0.6) is 0 Å². The van der Waals surface area contributed by atoms with Crippen LogP contribution in [0.25, 0.3) is 0 Å². The summed E-state index contributed by atoms with van der Waals surface area (Å²) in [5.41, 5.74) is 1.31. The van der Waals surface area contributed by atoms with Crippen molar-refractivity contribution in [1.82, 2.24) is 4.90 Å². The Hall–Kier alpha value is -1.89. The zero-order chi connectivity index (χ0) is 18.4. The van der Waals surface area contributed by atoms with Gasteiger partial charge in [0, 0.05) is 15.2 Å². The zero-order valence-corrected chi connectivity index (χ0v) is 16.3. The number of anilines is 2. The minimum absolute atomic E-state index is 0.0888. The van der Waals surface area contributed by atoms with Crippen LogP contribution < -0.4 is 10.6 Å². The molecule has 7 heteroatoms. The highest BCUT2D eigenvalue weighted by Crippen LogP contribution is 2.21. The lowest BCUT2D eigenvalue weighted by atomic mass is 10.2. The number of hydrogen-bond acceptors (Lipinski definition) is 3. The van der Waals surface area contributed by atoms with Gasteiger partial charge in [-0.3, -0.25) is 14.5 Å². The normalized spacial score (nSPS) is 11.9. The molecule has 25 heavy (non-hydrogen) atoms. The van der Waals surface area contributed by atoms with E-state index in [9.17, 15) is 9.59 Å². The lowest BCUT2D eigenvalue weighted by Crippen LogP contribution is -2.43. The number of hydrogen-bond donors (Lipinski definition) is 2. The molecule has 5 nitrogen and oxygen atoms in total. The Kier molecular flexibility index (Phi) is 6.99. The molecule has 1 unspecified atom stereocenters. The van der Waals surface area contributed by atoms with E-state index in [2.05, 4.69) is 26.6 Å². The van der Waals surface area contributed by atoms with Crippen LogP contribution in [0.15, 0.2) is 53.0 Å². The molecule has 0 aliphatic heterocycles. The van der Waals surface area contributed by atoms with Gasteiger partial charge in [-0.1, -0.05) is 29.8 Å². The van der Waals surface area contributed by atoms with Crippen molar-refractivity contribution in [1.29, 1.82) is 0 Å². The quantitative estimate of drug-likeness (QED) is 0.737. The summed E-state index contributed by atoms with van der Waals surface area (Å²) in [5.74, 6) is -0.407. The van der Waals surface area contributed by atoms with Gasteiger partial charge in [-0.15, -0.1) is 0 Å². The lowest BCUT2D eigenvalue weighted by Gasteiger charge is -2.23. The highest BCUT2D eigenvalue weighted by Gasteiger charge is 2.20. The molecular formula is C18H19BrClN3O2. The van der Waals surface area contributed by atoms with Gasteiger partial charge in [0.1, 0.15) is 0 Å². The third-order valence-electron chi connectivity index (χ3n) is 3.67. The van der Waals surface area contributed by atoms with Crippen LogP contribution in [0.4, 0.5) is 11.4 Å². The minimum Gasteiger partial charge on any atom is -0.325 e. The molecule has 0 aliphatic rings. The highest BCUT2D eigenvalue weighted by atomic mass is 79.9. The first kappa shape index (κ1) is 19.4. The number of nitrogens with one attached hydrogen (secondary N) is 2. The maximum atomic E-state index is 12.3. The van der Waals surface area contributed by atoms with Crippen LogP contribution in [0.3, 0.4) is 0 Å². The number of likely N-dealkylation sites (N-methyl/N-ethyl adjacent to an activating group) is 1. The van der Waals surface area contributed by atoms with Crippen molar-refractivity contribution < 1.29 is 9.59 Å². The maximum absolute atomic E-state index is 12.3. The Bertz CT molecular complexity index is 769. The fourth-order valence-corrected chi connectivity index (χ4v) is 2.70. The third kappa shape index (κ3) is 5.85. The Labute approximate surface area is 160 Å². The Morgan fingerprint density at radius 1 is 1.16 bits per heavy atom. The van der Waals surface area contributed by atoms with Crippen molar-refractivity contribution in [2.75, 3.05) is 24.2 Å². The standard InChI is InChI=1S/C18H19BrClN3O2/c1-12(18(25)21-14-7-5-6-13(20)10-14)23(2)11-17(24)22-16-9-4-3-8-15(16)19/h3-10,12H,11H2,1-2H3,(H,21,25)(H,22,24). The average molecular weight is 425 g/mol. The molecule has 0 spiro atoms. The van der Waals surface area contributed by atoms with Crippen LogP contribution in [0.2, 0.25) is 5.02 Å². The number of halogens is 2. The number of rotatable bonds is 6. The summed E-state index contributed by atoms with van der Waals surface area (Å²) in [6.45, 7) is 1.83. The smallest absolute Gasteiger partial charge is 0.241 e. The van der Waals surface area contributed by atoms with Crippen molar-refractivity contribution in [3.8, 4) is 0 Å². The van der Waals surface area contributed by atoms with Gasteiger partial charge < -0.3 is 10.6 Å². The van der Waals surface area contributed by atoms with Crippen LogP contribution in [0.1, 0.15) is 6.92 Å². The van der Waals surface area contributed by atoms with Gasteiger partial charge in [-0.05, 0) is 60.2 Å². The first-order chi connectivity index (χ1) is 11.9. The van der Waals surface area contributed by atoms with E-state index in [0.717, 1.165) is 4.47 Å². The molecule has 0 heterocycles. The largest absolute Gasteiger partial charge is 0.325 e. The summed E-state index contributed by atoms with van der Waals surface area (Å²) >= 11 is 9.29. The van der Waals surface area contributed by atoms with E-state index in [4.69, 9.17) is 11.6 Å². The maximum Gasteiger partial charge on any atom is 0.241 e. The molecular weight excluding hydrogens is 406 g/mol. The van der Waals surface area contributed by atoms with Gasteiger partial charge in [0.2, 0.25) is 11.8 Å². The molecule has 0 aromatic heterocycles. The molecule has 1 atom stereocenters. The van der Waals surface area contributed by atoms with Gasteiger partial charge in [-0.25, -0.2) is 0 Å². The van der Waals surface area contributed by atoms with E-state index in [1.165, 1.54) is 0 Å². The van der Waals surface area contributed by atoms with Gasteiger partial charge in [0.05, 0.1) is 18.3 Å². The molecule has 2 amide bonds. The Morgan fingerprint density at radius 2 is 1.88 bits per heavy atom. The first-order valence-electron chi connectivity index (χ1n) is 7.68.